The number of carbonyl (C=O) groups excluding carboxylic acids is 1. The van der Waals surface area contributed by atoms with E-state index in [0.29, 0.717) is 23.6 Å². The summed E-state index contributed by atoms with van der Waals surface area (Å²) >= 11 is 5.83. The number of carbonyl (C=O) groups is 1. The van der Waals surface area contributed by atoms with Crippen LogP contribution in [0.2, 0.25) is 5.02 Å². The zero-order valence-electron chi connectivity index (χ0n) is 14.7. The van der Waals surface area contributed by atoms with E-state index in [9.17, 15) is 13.2 Å². The molecule has 7 heteroatoms. The second-order valence-corrected chi connectivity index (χ2v) is 8.11. The summed E-state index contributed by atoms with van der Waals surface area (Å²) in [6.07, 6.45) is 2.41. The number of halogens is 1. The first-order valence-electron chi connectivity index (χ1n) is 8.55. The van der Waals surface area contributed by atoms with Gasteiger partial charge in [0, 0.05) is 23.7 Å². The number of hydrogen-bond acceptors (Lipinski definition) is 3. The number of amides is 1. The van der Waals surface area contributed by atoms with Crippen LogP contribution in [0.3, 0.4) is 0 Å². The molecule has 2 rings (SSSR count). The fourth-order valence-corrected chi connectivity index (χ4v) is 3.55. The van der Waals surface area contributed by atoms with Crippen molar-refractivity contribution in [1.82, 2.24) is 10.0 Å². The van der Waals surface area contributed by atoms with Crippen LogP contribution in [0.25, 0.3) is 0 Å². The minimum Gasteiger partial charge on any atom is -0.352 e. The van der Waals surface area contributed by atoms with E-state index in [4.69, 9.17) is 11.6 Å². The van der Waals surface area contributed by atoms with E-state index in [2.05, 4.69) is 10.0 Å². The van der Waals surface area contributed by atoms with E-state index in [0.717, 1.165) is 18.4 Å². The molecule has 1 amide bonds. The van der Waals surface area contributed by atoms with E-state index in [1.54, 1.807) is 24.3 Å². The predicted octanol–water partition coefficient (Wildman–Crippen LogP) is 3.39. The van der Waals surface area contributed by atoms with E-state index < -0.39 is 10.0 Å². The molecule has 0 aliphatic heterocycles. The molecular weight excluding hydrogens is 372 g/mol. The Hall–Kier alpha value is -1.89. The molecule has 0 bridgehead atoms. The Morgan fingerprint density at radius 1 is 1.08 bits per heavy atom. The topological polar surface area (TPSA) is 75.3 Å². The lowest BCUT2D eigenvalue weighted by molar-refractivity contribution is 0.0953. The molecular formula is C19H23ClN2O3S. The van der Waals surface area contributed by atoms with Gasteiger partial charge in [0.05, 0.1) is 4.90 Å². The van der Waals surface area contributed by atoms with Crippen molar-refractivity contribution in [2.24, 2.45) is 0 Å². The van der Waals surface area contributed by atoms with E-state index >= 15 is 0 Å². The molecule has 0 heterocycles. The van der Waals surface area contributed by atoms with Crippen molar-refractivity contribution in [1.29, 1.82) is 0 Å². The summed E-state index contributed by atoms with van der Waals surface area (Å²) in [7, 11) is -3.68. The highest BCUT2D eigenvalue weighted by Gasteiger charge is 2.15. The molecule has 0 aliphatic rings. The fraction of sp³-hybridized carbons (Fsp3) is 0.316. The number of rotatable bonds is 9. The molecule has 140 valence electrons. The van der Waals surface area contributed by atoms with Gasteiger partial charge < -0.3 is 5.32 Å². The maximum atomic E-state index is 12.4. The third kappa shape index (κ3) is 6.12. The summed E-state index contributed by atoms with van der Waals surface area (Å²) in [5, 5.41) is 3.42. The van der Waals surface area contributed by atoms with Crippen LogP contribution in [0, 0.1) is 0 Å². The molecule has 0 aromatic heterocycles. The molecule has 2 aromatic rings. The Kier molecular flexibility index (Phi) is 7.63. The van der Waals surface area contributed by atoms with Crippen molar-refractivity contribution in [3.63, 3.8) is 0 Å². The van der Waals surface area contributed by atoms with Gasteiger partial charge in [0.15, 0.2) is 0 Å². The highest BCUT2D eigenvalue weighted by molar-refractivity contribution is 7.89. The summed E-state index contributed by atoms with van der Waals surface area (Å²) < 4.78 is 27.5. The van der Waals surface area contributed by atoms with Crippen LogP contribution < -0.4 is 10.0 Å². The van der Waals surface area contributed by atoms with Crippen molar-refractivity contribution in [3.8, 4) is 0 Å². The maximum absolute atomic E-state index is 12.4. The molecule has 0 radical (unpaired) electrons. The van der Waals surface area contributed by atoms with Gasteiger partial charge in [-0.15, -0.1) is 0 Å². The molecule has 26 heavy (non-hydrogen) atoms. The highest BCUT2D eigenvalue weighted by Crippen LogP contribution is 2.13. The Morgan fingerprint density at radius 3 is 2.50 bits per heavy atom. The quantitative estimate of drug-likeness (QED) is 0.640. The smallest absolute Gasteiger partial charge is 0.251 e. The van der Waals surface area contributed by atoms with Crippen LogP contribution in [-0.4, -0.2) is 27.4 Å². The molecule has 0 saturated carbocycles. The maximum Gasteiger partial charge on any atom is 0.251 e. The van der Waals surface area contributed by atoms with Crippen LogP contribution in [0.4, 0.5) is 0 Å². The largest absolute Gasteiger partial charge is 0.352 e. The molecule has 2 N–H and O–H groups in total. The van der Waals surface area contributed by atoms with Gasteiger partial charge in [-0.2, -0.15) is 0 Å². The molecule has 2 aromatic carbocycles. The standard InChI is InChI=1S/C19H23ClN2O3S/c1-2-3-12-21-19(23)16-5-4-6-18(14-16)26(24,25)22-13-11-15-7-9-17(20)10-8-15/h4-10,14,22H,2-3,11-13H2,1H3,(H,21,23). The summed E-state index contributed by atoms with van der Waals surface area (Å²) in [5.41, 5.74) is 1.32. The van der Waals surface area contributed by atoms with Gasteiger partial charge in [0.1, 0.15) is 0 Å². The highest BCUT2D eigenvalue weighted by atomic mass is 35.5. The van der Waals surface area contributed by atoms with Crippen LogP contribution in [0.1, 0.15) is 35.7 Å². The van der Waals surface area contributed by atoms with Crippen molar-refractivity contribution < 1.29 is 13.2 Å². The van der Waals surface area contributed by atoms with Gasteiger partial charge in [-0.05, 0) is 48.7 Å². The van der Waals surface area contributed by atoms with Gasteiger partial charge in [-0.3, -0.25) is 4.79 Å². The van der Waals surface area contributed by atoms with E-state index in [1.165, 1.54) is 12.1 Å². The lowest BCUT2D eigenvalue weighted by Crippen LogP contribution is -2.27. The molecule has 0 saturated heterocycles. The summed E-state index contributed by atoms with van der Waals surface area (Å²) in [6.45, 7) is 2.87. The van der Waals surface area contributed by atoms with Gasteiger partial charge in [0.25, 0.3) is 5.91 Å². The van der Waals surface area contributed by atoms with Crippen molar-refractivity contribution >= 4 is 27.5 Å². The normalized spacial score (nSPS) is 11.3. The van der Waals surface area contributed by atoms with Crippen LogP contribution in [-0.2, 0) is 16.4 Å². The van der Waals surface area contributed by atoms with E-state index in [-0.39, 0.29) is 17.3 Å². The number of nitrogens with one attached hydrogen (secondary N) is 2. The lowest BCUT2D eigenvalue weighted by atomic mass is 10.2. The number of benzene rings is 2. The van der Waals surface area contributed by atoms with Crippen molar-refractivity contribution in [3.05, 3.63) is 64.7 Å². The first-order chi connectivity index (χ1) is 12.4. The molecule has 0 fully saturated rings. The van der Waals surface area contributed by atoms with Crippen LogP contribution in [0.15, 0.2) is 53.4 Å². The Bertz CT molecular complexity index is 836. The minimum absolute atomic E-state index is 0.0803. The van der Waals surface area contributed by atoms with Gasteiger partial charge in [0.2, 0.25) is 10.0 Å². The van der Waals surface area contributed by atoms with Crippen LogP contribution >= 0.6 is 11.6 Å². The zero-order valence-corrected chi connectivity index (χ0v) is 16.2. The summed E-state index contributed by atoms with van der Waals surface area (Å²) in [6, 6.07) is 13.3. The first-order valence-corrected chi connectivity index (χ1v) is 10.4. The van der Waals surface area contributed by atoms with E-state index in [1.807, 2.05) is 19.1 Å². The molecule has 0 unspecified atom stereocenters. The number of unbranched alkanes of at least 4 members (excludes halogenated alkanes) is 1. The third-order valence-electron chi connectivity index (χ3n) is 3.84. The summed E-state index contributed by atoms with van der Waals surface area (Å²) in [5.74, 6) is -0.267. The SMILES string of the molecule is CCCCNC(=O)c1cccc(S(=O)(=O)NCCc2ccc(Cl)cc2)c1. The monoisotopic (exact) mass is 394 g/mol. The molecule has 0 atom stereocenters. The summed E-state index contributed by atoms with van der Waals surface area (Å²) in [4.78, 5) is 12.2. The first kappa shape index (κ1) is 20.4. The predicted molar refractivity (Wildman–Crippen MR) is 104 cm³/mol. The van der Waals surface area contributed by atoms with Crippen LogP contribution in [0.5, 0.6) is 0 Å². The van der Waals surface area contributed by atoms with Gasteiger partial charge in [-0.25, -0.2) is 13.1 Å². The number of sulfonamides is 1. The fourth-order valence-electron chi connectivity index (χ4n) is 2.35. The van der Waals surface area contributed by atoms with Crippen molar-refractivity contribution in [2.45, 2.75) is 31.1 Å². The third-order valence-corrected chi connectivity index (χ3v) is 5.55. The second kappa shape index (κ2) is 9.71. The Morgan fingerprint density at radius 2 is 1.81 bits per heavy atom. The molecule has 5 nitrogen and oxygen atoms in total. The molecule has 0 spiro atoms. The Labute approximate surface area is 159 Å². The van der Waals surface area contributed by atoms with Gasteiger partial charge in [-0.1, -0.05) is 43.1 Å². The average Bonchev–Trinajstić information content (AvgIpc) is 2.63. The average molecular weight is 395 g/mol. The van der Waals surface area contributed by atoms with Crippen molar-refractivity contribution in [2.75, 3.05) is 13.1 Å². The lowest BCUT2D eigenvalue weighted by Gasteiger charge is -2.09. The number of hydrogen-bond donors (Lipinski definition) is 2. The van der Waals surface area contributed by atoms with Gasteiger partial charge >= 0.3 is 0 Å². The Balaban J connectivity index is 1.98. The molecule has 0 aliphatic carbocycles. The minimum atomic E-state index is -3.68. The second-order valence-electron chi connectivity index (χ2n) is 5.91. The zero-order chi connectivity index (χ0) is 19.0.